The van der Waals surface area contributed by atoms with Crippen molar-refractivity contribution in [1.29, 1.82) is 0 Å². The van der Waals surface area contributed by atoms with Gasteiger partial charge in [0.2, 0.25) is 0 Å². The number of aryl methyl sites for hydroxylation is 1. The SMILES string of the molecule is Cc1nc(COc2ccc(Cl)cc2)sc1C(=O)N1CCN(C(=O)c2ccc(F)cc2)CC1. The first-order valence-corrected chi connectivity index (χ1v) is 11.3. The molecule has 1 fully saturated rings. The lowest BCUT2D eigenvalue weighted by atomic mass is 10.1. The highest BCUT2D eigenvalue weighted by molar-refractivity contribution is 7.13. The Bertz CT molecular complexity index is 1110. The Hall–Kier alpha value is -2.97. The minimum atomic E-state index is -0.380. The number of carbonyl (C=O) groups excluding carboxylic acids is 2. The molecular weight excluding hydrogens is 453 g/mol. The molecule has 1 saturated heterocycles. The van der Waals surface area contributed by atoms with Gasteiger partial charge in [-0.3, -0.25) is 9.59 Å². The number of rotatable bonds is 5. The van der Waals surface area contributed by atoms with Gasteiger partial charge < -0.3 is 14.5 Å². The molecule has 9 heteroatoms. The summed E-state index contributed by atoms with van der Waals surface area (Å²) < 4.78 is 18.8. The van der Waals surface area contributed by atoms with E-state index in [0.717, 1.165) is 0 Å². The van der Waals surface area contributed by atoms with Crippen LogP contribution >= 0.6 is 22.9 Å². The standard InChI is InChI=1S/C23H21ClFN3O3S/c1-15-21(32-20(26-15)14-31-19-8-4-17(24)5-9-19)23(30)28-12-10-27(11-13-28)22(29)16-2-6-18(25)7-3-16/h2-9H,10-14H2,1H3. The van der Waals surface area contributed by atoms with Crippen LogP contribution in [0, 0.1) is 12.7 Å². The molecule has 1 aliphatic heterocycles. The van der Waals surface area contributed by atoms with E-state index >= 15 is 0 Å². The van der Waals surface area contributed by atoms with Crippen LogP contribution in [0.25, 0.3) is 0 Å². The second-order valence-corrected chi connectivity index (χ2v) is 8.88. The summed E-state index contributed by atoms with van der Waals surface area (Å²) in [7, 11) is 0. The summed E-state index contributed by atoms with van der Waals surface area (Å²) in [5.41, 5.74) is 1.11. The largest absolute Gasteiger partial charge is 0.486 e. The van der Waals surface area contributed by atoms with Crippen LogP contribution in [0.3, 0.4) is 0 Å². The van der Waals surface area contributed by atoms with Gasteiger partial charge in [-0.05, 0) is 55.5 Å². The van der Waals surface area contributed by atoms with E-state index in [0.29, 0.717) is 58.1 Å². The maximum Gasteiger partial charge on any atom is 0.265 e. The zero-order valence-corrected chi connectivity index (χ0v) is 19.0. The third-order valence-corrected chi connectivity index (χ3v) is 6.53. The molecule has 0 atom stereocenters. The number of ether oxygens (including phenoxy) is 1. The topological polar surface area (TPSA) is 62.7 Å². The van der Waals surface area contributed by atoms with Crippen LogP contribution in [-0.2, 0) is 6.61 Å². The van der Waals surface area contributed by atoms with Gasteiger partial charge in [0, 0.05) is 36.8 Å². The summed E-state index contributed by atoms with van der Waals surface area (Å²) in [5.74, 6) is 0.0474. The number of hydrogen-bond acceptors (Lipinski definition) is 5. The summed E-state index contributed by atoms with van der Waals surface area (Å²) in [6.07, 6.45) is 0. The van der Waals surface area contributed by atoms with E-state index in [1.54, 1.807) is 34.1 Å². The molecule has 0 bridgehead atoms. The molecule has 2 amide bonds. The van der Waals surface area contributed by atoms with Crippen molar-refractivity contribution < 1.29 is 18.7 Å². The quantitative estimate of drug-likeness (QED) is 0.550. The fourth-order valence-electron chi connectivity index (χ4n) is 3.42. The van der Waals surface area contributed by atoms with Crippen molar-refractivity contribution in [3.8, 4) is 5.75 Å². The van der Waals surface area contributed by atoms with Gasteiger partial charge in [-0.2, -0.15) is 0 Å². The summed E-state index contributed by atoms with van der Waals surface area (Å²) in [6, 6.07) is 12.6. The number of piperazine rings is 1. The van der Waals surface area contributed by atoms with E-state index < -0.39 is 0 Å². The molecule has 2 aromatic carbocycles. The Kier molecular flexibility index (Phi) is 6.72. The molecule has 0 unspecified atom stereocenters. The highest BCUT2D eigenvalue weighted by atomic mass is 35.5. The molecule has 166 valence electrons. The molecule has 1 aliphatic rings. The number of hydrogen-bond donors (Lipinski definition) is 0. The number of thiazole rings is 1. The summed E-state index contributed by atoms with van der Waals surface area (Å²) in [4.78, 5) is 34.1. The van der Waals surface area contributed by atoms with E-state index in [2.05, 4.69) is 4.98 Å². The molecular formula is C23H21ClFN3O3S. The van der Waals surface area contributed by atoms with Crippen LogP contribution in [0.2, 0.25) is 5.02 Å². The summed E-state index contributed by atoms with van der Waals surface area (Å²) in [5, 5.41) is 1.35. The molecule has 32 heavy (non-hydrogen) atoms. The van der Waals surface area contributed by atoms with Crippen LogP contribution in [-0.4, -0.2) is 52.8 Å². The van der Waals surface area contributed by atoms with E-state index in [1.165, 1.54) is 35.6 Å². The van der Waals surface area contributed by atoms with Gasteiger partial charge in [0.15, 0.2) is 0 Å². The molecule has 1 aromatic heterocycles. The van der Waals surface area contributed by atoms with Crippen LogP contribution < -0.4 is 4.74 Å². The van der Waals surface area contributed by atoms with Crippen molar-refractivity contribution in [3.05, 3.63) is 80.5 Å². The van der Waals surface area contributed by atoms with E-state index in [1.807, 2.05) is 6.92 Å². The van der Waals surface area contributed by atoms with Crippen LogP contribution in [0.15, 0.2) is 48.5 Å². The van der Waals surface area contributed by atoms with Crippen LogP contribution in [0.5, 0.6) is 5.75 Å². The van der Waals surface area contributed by atoms with Crippen LogP contribution in [0.1, 0.15) is 30.7 Å². The Morgan fingerprint density at radius 2 is 1.59 bits per heavy atom. The number of aromatic nitrogens is 1. The average Bonchev–Trinajstić information content (AvgIpc) is 3.19. The van der Waals surface area contributed by atoms with Crippen LogP contribution in [0.4, 0.5) is 4.39 Å². The van der Waals surface area contributed by atoms with Crippen molar-refractivity contribution in [3.63, 3.8) is 0 Å². The van der Waals surface area contributed by atoms with Crippen molar-refractivity contribution in [2.75, 3.05) is 26.2 Å². The van der Waals surface area contributed by atoms with Crippen molar-refractivity contribution >= 4 is 34.8 Å². The van der Waals surface area contributed by atoms with Gasteiger partial charge >= 0.3 is 0 Å². The highest BCUT2D eigenvalue weighted by Gasteiger charge is 2.27. The Labute approximate surface area is 194 Å². The van der Waals surface area contributed by atoms with Crippen molar-refractivity contribution in [2.24, 2.45) is 0 Å². The number of halogens is 2. The minimum Gasteiger partial charge on any atom is -0.486 e. The average molecular weight is 474 g/mol. The number of carbonyl (C=O) groups is 2. The maximum absolute atomic E-state index is 13.1. The zero-order valence-electron chi connectivity index (χ0n) is 17.4. The lowest BCUT2D eigenvalue weighted by Gasteiger charge is -2.34. The smallest absolute Gasteiger partial charge is 0.265 e. The third kappa shape index (κ3) is 5.08. The molecule has 4 rings (SSSR count). The van der Waals surface area contributed by atoms with Gasteiger partial charge in [0.25, 0.3) is 11.8 Å². The Morgan fingerprint density at radius 3 is 2.22 bits per heavy atom. The zero-order chi connectivity index (χ0) is 22.7. The van der Waals surface area contributed by atoms with Crippen molar-refractivity contribution in [1.82, 2.24) is 14.8 Å². The molecule has 0 radical (unpaired) electrons. The lowest BCUT2D eigenvalue weighted by molar-refractivity contribution is 0.0537. The molecule has 0 aliphatic carbocycles. The summed E-state index contributed by atoms with van der Waals surface area (Å²) in [6.45, 7) is 3.78. The Balaban J connectivity index is 1.34. The highest BCUT2D eigenvalue weighted by Crippen LogP contribution is 2.23. The van der Waals surface area contributed by atoms with E-state index in [-0.39, 0.29) is 24.2 Å². The van der Waals surface area contributed by atoms with E-state index in [9.17, 15) is 14.0 Å². The molecule has 0 spiro atoms. The van der Waals surface area contributed by atoms with Gasteiger partial charge in [0.05, 0.1) is 5.69 Å². The molecule has 0 saturated carbocycles. The molecule has 3 aromatic rings. The first-order valence-electron chi connectivity index (χ1n) is 10.1. The van der Waals surface area contributed by atoms with Gasteiger partial charge in [-0.1, -0.05) is 11.6 Å². The fraction of sp³-hybridized carbons (Fsp3) is 0.261. The molecule has 2 heterocycles. The monoisotopic (exact) mass is 473 g/mol. The molecule has 6 nitrogen and oxygen atoms in total. The first-order chi connectivity index (χ1) is 15.4. The van der Waals surface area contributed by atoms with Crippen molar-refractivity contribution in [2.45, 2.75) is 13.5 Å². The normalized spacial score (nSPS) is 13.8. The molecule has 0 N–H and O–H groups in total. The second-order valence-electron chi connectivity index (χ2n) is 7.36. The Morgan fingerprint density at radius 1 is 1.00 bits per heavy atom. The number of amides is 2. The van der Waals surface area contributed by atoms with Gasteiger partial charge in [-0.25, -0.2) is 9.37 Å². The second kappa shape index (κ2) is 9.67. The predicted molar refractivity (Wildman–Crippen MR) is 121 cm³/mol. The number of benzene rings is 2. The lowest BCUT2D eigenvalue weighted by Crippen LogP contribution is -2.50. The predicted octanol–water partition coefficient (Wildman–Crippen LogP) is 4.42. The fourth-order valence-corrected chi connectivity index (χ4v) is 4.49. The van der Waals surface area contributed by atoms with Gasteiger partial charge in [0.1, 0.15) is 28.1 Å². The summed E-state index contributed by atoms with van der Waals surface area (Å²) >= 11 is 7.20. The number of nitrogens with zero attached hydrogens (tertiary/aromatic N) is 3. The third-order valence-electron chi connectivity index (χ3n) is 5.16. The maximum atomic E-state index is 13.1. The van der Waals surface area contributed by atoms with Gasteiger partial charge in [-0.15, -0.1) is 11.3 Å². The van der Waals surface area contributed by atoms with E-state index in [4.69, 9.17) is 16.3 Å². The minimum absolute atomic E-state index is 0.0911. The first kappa shape index (κ1) is 22.2.